The molecule has 0 saturated heterocycles. The molecule has 1 N–H and O–H groups in total. The van der Waals surface area contributed by atoms with Crippen LogP contribution >= 0.6 is 0 Å². The van der Waals surface area contributed by atoms with Crippen molar-refractivity contribution in [1.82, 2.24) is 0 Å². The van der Waals surface area contributed by atoms with Gasteiger partial charge in [0.1, 0.15) is 41.8 Å². The summed E-state index contributed by atoms with van der Waals surface area (Å²) in [6.45, 7) is 0.501. The van der Waals surface area contributed by atoms with Gasteiger partial charge in [0.25, 0.3) is 0 Å². The molecule has 0 aliphatic carbocycles. The average molecular weight is 454 g/mol. The Morgan fingerprint density at radius 1 is 0.794 bits per heavy atom. The van der Waals surface area contributed by atoms with Crippen LogP contribution in [0.5, 0.6) is 17.2 Å². The van der Waals surface area contributed by atoms with E-state index in [0.717, 1.165) is 11.1 Å². The fourth-order valence-electron chi connectivity index (χ4n) is 3.36. The molecule has 0 atom stereocenters. The number of phenolic OH excluding ortho intramolecular Hbond substituents is 1. The fourth-order valence-corrected chi connectivity index (χ4v) is 3.36. The Hall–Kier alpha value is -4.38. The topological polar surface area (TPSA) is 55.8 Å². The molecular weight excluding hydrogens is 431 g/mol. The van der Waals surface area contributed by atoms with Gasteiger partial charge in [0.2, 0.25) is 0 Å². The molecule has 0 aromatic heterocycles. The number of benzene rings is 4. The van der Waals surface area contributed by atoms with Crippen LogP contribution in [0.2, 0.25) is 0 Å². The maximum absolute atomic E-state index is 13.5. The van der Waals surface area contributed by atoms with E-state index < -0.39 is 11.6 Å². The van der Waals surface area contributed by atoms with Crippen molar-refractivity contribution in [2.45, 2.75) is 13.2 Å². The van der Waals surface area contributed by atoms with Gasteiger partial charge in [-0.3, -0.25) is 4.79 Å². The average Bonchev–Trinajstić information content (AvgIpc) is 2.86. The molecule has 0 unspecified atom stereocenters. The highest BCUT2D eigenvalue weighted by Crippen LogP contribution is 2.35. The van der Waals surface area contributed by atoms with Crippen LogP contribution < -0.4 is 9.47 Å². The standard InChI is InChI=1S/C29H23FO4/c30-24-13-7-12-21(16-24)14-15-26(31)29-27(32)17-25(33-19-22-8-3-1-4-9-22)18-28(29)34-20-23-10-5-2-6-11-23/h1-18,32H,19-20H2/b15-14+. The molecule has 0 fully saturated rings. The monoisotopic (exact) mass is 454 g/mol. The van der Waals surface area contributed by atoms with Crippen LogP contribution in [0, 0.1) is 5.82 Å². The van der Waals surface area contributed by atoms with Gasteiger partial charge in [-0.1, -0.05) is 78.9 Å². The summed E-state index contributed by atoms with van der Waals surface area (Å²) in [4.78, 5) is 13.0. The van der Waals surface area contributed by atoms with E-state index in [9.17, 15) is 14.3 Å². The van der Waals surface area contributed by atoms with Crippen molar-refractivity contribution < 1.29 is 23.8 Å². The normalized spacial score (nSPS) is 10.9. The molecule has 0 saturated carbocycles. The van der Waals surface area contributed by atoms with Gasteiger partial charge in [0, 0.05) is 12.1 Å². The van der Waals surface area contributed by atoms with Gasteiger partial charge in [0.15, 0.2) is 5.78 Å². The Bertz CT molecular complexity index is 1280. The Balaban J connectivity index is 1.60. The lowest BCUT2D eigenvalue weighted by Crippen LogP contribution is -2.04. The minimum absolute atomic E-state index is 0.00986. The van der Waals surface area contributed by atoms with Crippen molar-refractivity contribution in [2.75, 3.05) is 0 Å². The number of carbonyl (C=O) groups excluding carboxylic acids is 1. The zero-order chi connectivity index (χ0) is 23.8. The molecule has 170 valence electrons. The Kier molecular flexibility index (Phi) is 7.35. The maximum atomic E-state index is 13.5. The number of allylic oxidation sites excluding steroid dienone is 1. The van der Waals surface area contributed by atoms with E-state index in [4.69, 9.17) is 9.47 Å². The second-order valence-corrected chi connectivity index (χ2v) is 7.62. The third-order valence-corrected chi connectivity index (χ3v) is 5.06. The number of hydrogen-bond acceptors (Lipinski definition) is 4. The summed E-state index contributed by atoms with van der Waals surface area (Å²) in [6.07, 6.45) is 2.77. The lowest BCUT2D eigenvalue weighted by atomic mass is 10.1. The lowest BCUT2D eigenvalue weighted by molar-refractivity contribution is 0.104. The molecule has 0 amide bonds. The van der Waals surface area contributed by atoms with Crippen molar-refractivity contribution in [3.8, 4) is 17.2 Å². The van der Waals surface area contributed by atoms with Crippen LogP contribution in [0.15, 0.2) is 103 Å². The first-order valence-corrected chi connectivity index (χ1v) is 10.8. The third-order valence-electron chi connectivity index (χ3n) is 5.06. The SMILES string of the molecule is O=C(/C=C/c1cccc(F)c1)c1c(O)cc(OCc2ccccc2)cc1OCc1ccccc1. The van der Waals surface area contributed by atoms with Crippen LogP contribution in [-0.4, -0.2) is 10.9 Å². The van der Waals surface area contributed by atoms with E-state index in [1.54, 1.807) is 18.2 Å². The van der Waals surface area contributed by atoms with Gasteiger partial charge in [0.05, 0.1) is 0 Å². The summed E-state index contributed by atoms with van der Waals surface area (Å²) < 4.78 is 25.2. The van der Waals surface area contributed by atoms with E-state index in [2.05, 4.69) is 0 Å². The number of rotatable bonds is 9. The molecule has 4 nitrogen and oxygen atoms in total. The maximum Gasteiger partial charge on any atom is 0.193 e. The second-order valence-electron chi connectivity index (χ2n) is 7.62. The fraction of sp³-hybridized carbons (Fsp3) is 0.0690. The van der Waals surface area contributed by atoms with Gasteiger partial charge >= 0.3 is 0 Å². The molecule has 0 radical (unpaired) electrons. The predicted octanol–water partition coefficient (Wildman–Crippen LogP) is 6.59. The number of carbonyl (C=O) groups is 1. The molecule has 0 aliphatic heterocycles. The quantitative estimate of drug-likeness (QED) is 0.229. The van der Waals surface area contributed by atoms with Crippen molar-refractivity contribution in [1.29, 1.82) is 0 Å². The van der Waals surface area contributed by atoms with E-state index in [-0.39, 0.29) is 23.7 Å². The molecule has 4 aromatic rings. The molecule has 0 spiro atoms. The van der Waals surface area contributed by atoms with Crippen LogP contribution in [0.3, 0.4) is 0 Å². The minimum atomic E-state index is -0.473. The highest BCUT2D eigenvalue weighted by molar-refractivity contribution is 6.10. The Morgan fingerprint density at radius 2 is 1.44 bits per heavy atom. The number of phenols is 1. The summed E-state index contributed by atoms with van der Waals surface area (Å²) in [6, 6.07) is 28.0. The summed E-state index contributed by atoms with van der Waals surface area (Å²) in [5, 5.41) is 10.7. The Morgan fingerprint density at radius 3 is 2.09 bits per heavy atom. The van der Waals surface area contributed by atoms with Crippen molar-refractivity contribution in [2.24, 2.45) is 0 Å². The van der Waals surface area contributed by atoms with E-state index >= 15 is 0 Å². The molecule has 0 heterocycles. The van der Waals surface area contributed by atoms with E-state index in [0.29, 0.717) is 17.9 Å². The molecule has 0 aliphatic rings. The number of halogens is 1. The second kappa shape index (κ2) is 11.0. The third kappa shape index (κ3) is 6.11. The van der Waals surface area contributed by atoms with Gasteiger partial charge in [-0.2, -0.15) is 0 Å². The lowest BCUT2D eigenvalue weighted by Gasteiger charge is -2.14. The highest BCUT2D eigenvalue weighted by Gasteiger charge is 2.18. The molecular formula is C29H23FO4. The van der Waals surface area contributed by atoms with Crippen molar-refractivity contribution in [3.63, 3.8) is 0 Å². The van der Waals surface area contributed by atoms with Gasteiger partial charge < -0.3 is 14.6 Å². The number of ether oxygens (including phenoxy) is 2. The number of aromatic hydroxyl groups is 1. The van der Waals surface area contributed by atoms with Gasteiger partial charge in [-0.05, 0) is 34.9 Å². The van der Waals surface area contributed by atoms with Crippen LogP contribution in [0.4, 0.5) is 4.39 Å². The van der Waals surface area contributed by atoms with Crippen LogP contribution in [-0.2, 0) is 13.2 Å². The highest BCUT2D eigenvalue weighted by atomic mass is 19.1. The number of hydrogen-bond donors (Lipinski definition) is 1. The van der Waals surface area contributed by atoms with Crippen LogP contribution in [0.25, 0.3) is 6.08 Å². The molecule has 34 heavy (non-hydrogen) atoms. The van der Waals surface area contributed by atoms with Crippen molar-refractivity contribution in [3.05, 3.63) is 131 Å². The largest absolute Gasteiger partial charge is 0.507 e. The molecule has 4 rings (SSSR count). The predicted molar refractivity (Wildman–Crippen MR) is 129 cm³/mol. The molecule has 0 bridgehead atoms. The number of ketones is 1. The van der Waals surface area contributed by atoms with E-state index in [1.807, 2.05) is 60.7 Å². The Labute approximate surface area is 197 Å². The summed E-state index contributed by atoms with van der Waals surface area (Å²) in [5.74, 6) is -0.568. The zero-order valence-electron chi connectivity index (χ0n) is 18.4. The van der Waals surface area contributed by atoms with E-state index in [1.165, 1.54) is 30.4 Å². The van der Waals surface area contributed by atoms with Crippen LogP contribution in [0.1, 0.15) is 27.0 Å². The van der Waals surface area contributed by atoms with Gasteiger partial charge in [-0.15, -0.1) is 0 Å². The first-order valence-electron chi connectivity index (χ1n) is 10.8. The molecule has 4 aromatic carbocycles. The summed E-state index contributed by atoms with van der Waals surface area (Å²) in [5.41, 5.74) is 2.41. The summed E-state index contributed by atoms with van der Waals surface area (Å²) in [7, 11) is 0. The minimum Gasteiger partial charge on any atom is -0.507 e. The summed E-state index contributed by atoms with van der Waals surface area (Å²) >= 11 is 0. The molecule has 5 heteroatoms. The first kappa shape index (κ1) is 22.8. The van der Waals surface area contributed by atoms with Gasteiger partial charge in [-0.25, -0.2) is 4.39 Å². The first-order chi connectivity index (χ1) is 16.6. The smallest absolute Gasteiger partial charge is 0.193 e. The zero-order valence-corrected chi connectivity index (χ0v) is 18.4. The van der Waals surface area contributed by atoms with Crippen molar-refractivity contribution >= 4 is 11.9 Å².